The van der Waals surface area contributed by atoms with E-state index in [1.165, 1.54) is 0 Å². The molecule has 1 saturated carbocycles. The molecular weight excluding hydrogens is 310 g/mol. The first-order valence-electron chi connectivity index (χ1n) is 7.95. The molecule has 1 fully saturated rings. The largest absolute Gasteiger partial charge is 0.388 e. The number of benzene rings is 1. The summed E-state index contributed by atoms with van der Waals surface area (Å²) in [5, 5.41) is 13.4. The Bertz CT molecular complexity index is 730. The van der Waals surface area contributed by atoms with E-state index in [1.807, 2.05) is 30.3 Å². The van der Waals surface area contributed by atoms with E-state index in [0.717, 1.165) is 37.8 Å². The van der Waals surface area contributed by atoms with E-state index in [9.17, 15) is 9.90 Å². The molecule has 0 aliphatic heterocycles. The number of carbonyl (C=O) groups is 1. The van der Waals surface area contributed by atoms with Crippen molar-refractivity contribution >= 4 is 18.1 Å². The predicted molar refractivity (Wildman–Crippen MR) is 91.3 cm³/mol. The number of hydrogen-bond donors (Lipinski definition) is 3. The molecular formula is C17H21N3O2S. The van der Waals surface area contributed by atoms with Crippen LogP contribution in [0.1, 0.15) is 42.6 Å². The topological polar surface area (TPSA) is 70.1 Å². The molecule has 3 rings (SSSR count). The number of carbonyl (C=O) groups excluding carboxylic acids is 1. The molecule has 5 nitrogen and oxygen atoms in total. The molecule has 2 aromatic rings. The number of amides is 1. The summed E-state index contributed by atoms with van der Waals surface area (Å²) in [4.78, 5) is 15.4. The minimum Gasteiger partial charge on any atom is -0.388 e. The Morgan fingerprint density at radius 2 is 1.96 bits per heavy atom. The average Bonchev–Trinajstić information content (AvgIpc) is 2.96. The number of aromatic nitrogens is 2. The molecule has 1 aromatic heterocycles. The molecule has 0 bridgehead atoms. The van der Waals surface area contributed by atoms with Crippen molar-refractivity contribution in [3.63, 3.8) is 0 Å². The number of nitrogens with zero attached hydrogens (tertiary/aromatic N) is 1. The Kier molecular flexibility index (Phi) is 4.63. The van der Waals surface area contributed by atoms with Crippen LogP contribution in [0.15, 0.2) is 36.5 Å². The fraction of sp³-hybridized carbons (Fsp3) is 0.412. The maximum atomic E-state index is 12.5. The molecule has 1 aliphatic carbocycles. The molecule has 1 aliphatic rings. The van der Waals surface area contributed by atoms with E-state index in [1.54, 1.807) is 10.8 Å². The molecule has 1 aromatic carbocycles. The van der Waals surface area contributed by atoms with Gasteiger partial charge in [-0.1, -0.05) is 37.5 Å². The summed E-state index contributed by atoms with van der Waals surface area (Å²) in [7, 11) is 0. The molecule has 0 unspecified atom stereocenters. The summed E-state index contributed by atoms with van der Waals surface area (Å²) >= 11 is 5.28. The Morgan fingerprint density at radius 3 is 2.65 bits per heavy atom. The molecule has 0 atom stereocenters. The van der Waals surface area contributed by atoms with Gasteiger partial charge in [-0.15, -0.1) is 0 Å². The van der Waals surface area contributed by atoms with Crippen LogP contribution in [-0.4, -0.2) is 32.7 Å². The van der Waals surface area contributed by atoms with E-state index in [2.05, 4.69) is 10.3 Å². The van der Waals surface area contributed by atoms with Gasteiger partial charge in [-0.05, 0) is 37.2 Å². The lowest BCUT2D eigenvalue weighted by Gasteiger charge is -2.32. The van der Waals surface area contributed by atoms with Gasteiger partial charge < -0.3 is 15.4 Å². The maximum Gasteiger partial charge on any atom is 0.269 e. The van der Waals surface area contributed by atoms with Gasteiger partial charge in [-0.2, -0.15) is 0 Å². The van der Waals surface area contributed by atoms with Crippen molar-refractivity contribution in [2.45, 2.75) is 37.7 Å². The zero-order chi connectivity index (χ0) is 16.3. The van der Waals surface area contributed by atoms with Crippen LogP contribution in [-0.2, 0) is 0 Å². The number of H-pyrrole nitrogens is 1. The highest BCUT2D eigenvalue weighted by Crippen LogP contribution is 2.27. The summed E-state index contributed by atoms with van der Waals surface area (Å²) in [6.07, 6.45) is 6.27. The van der Waals surface area contributed by atoms with E-state index < -0.39 is 5.60 Å². The van der Waals surface area contributed by atoms with Crippen molar-refractivity contribution < 1.29 is 9.90 Å². The molecule has 0 spiro atoms. The third-order valence-corrected chi connectivity index (χ3v) is 4.69. The normalized spacial score (nSPS) is 16.9. The highest BCUT2D eigenvalue weighted by molar-refractivity contribution is 7.71. The summed E-state index contributed by atoms with van der Waals surface area (Å²) in [5.41, 5.74) is 0.499. The van der Waals surface area contributed by atoms with Crippen molar-refractivity contribution in [3.05, 3.63) is 47.0 Å². The van der Waals surface area contributed by atoms with E-state index in [-0.39, 0.29) is 12.5 Å². The molecule has 0 saturated heterocycles. The maximum absolute atomic E-state index is 12.5. The standard InChI is InChI=1S/C17H21N3O2S/c21-15(19-12-17(22)9-5-2-6-10-17)14-11-18-16(23)20(14)13-7-3-1-4-8-13/h1,3-4,7-8,11,22H,2,5-6,9-10,12H2,(H,18,23)(H,19,21). The Morgan fingerprint density at radius 1 is 1.26 bits per heavy atom. The third-order valence-electron chi connectivity index (χ3n) is 4.39. The van der Waals surface area contributed by atoms with Crippen LogP contribution in [0.25, 0.3) is 5.69 Å². The minimum absolute atomic E-state index is 0.236. The van der Waals surface area contributed by atoms with Gasteiger partial charge in [0.15, 0.2) is 4.77 Å². The van der Waals surface area contributed by atoms with Gasteiger partial charge in [0, 0.05) is 18.4 Å². The van der Waals surface area contributed by atoms with Gasteiger partial charge >= 0.3 is 0 Å². The zero-order valence-corrected chi connectivity index (χ0v) is 13.7. The van der Waals surface area contributed by atoms with Crippen LogP contribution in [0.5, 0.6) is 0 Å². The van der Waals surface area contributed by atoms with Crippen molar-refractivity contribution in [1.82, 2.24) is 14.9 Å². The molecule has 23 heavy (non-hydrogen) atoms. The number of nitrogens with one attached hydrogen (secondary N) is 2. The monoisotopic (exact) mass is 331 g/mol. The summed E-state index contributed by atoms with van der Waals surface area (Å²) < 4.78 is 2.17. The minimum atomic E-state index is -0.779. The molecule has 1 amide bonds. The summed E-state index contributed by atoms with van der Waals surface area (Å²) in [6, 6.07) is 9.51. The second kappa shape index (κ2) is 6.68. The fourth-order valence-corrected chi connectivity index (χ4v) is 3.35. The van der Waals surface area contributed by atoms with E-state index in [4.69, 9.17) is 12.2 Å². The van der Waals surface area contributed by atoms with Gasteiger partial charge in [0.25, 0.3) is 5.91 Å². The first-order valence-corrected chi connectivity index (χ1v) is 8.36. The van der Waals surface area contributed by atoms with Crippen LogP contribution in [0.2, 0.25) is 0 Å². The van der Waals surface area contributed by atoms with Crippen molar-refractivity contribution in [3.8, 4) is 5.69 Å². The van der Waals surface area contributed by atoms with Gasteiger partial charge in [0.05, 0.1) is 5.60 Å². The van der Waals surface area contributed by atoms with Crippen LogP contribution in [0.4, 0.5) is 0 Å². The average molecular weight is 331 g/mol. The van der Waals surface area contributed by atoms with Crippen LogP contribution in [0, 0.1) is 4.77 Å². The number of hydrogen-bond acceptors (Lipinski definition) is 3. The highest BCUT2D eigenvalue weighted by atomic mass is 32.1. The van der Waals surface area contributed by atoms with E-state index in [0.29, 0.717) is 10.5 Å². The molecule has 122 valence electrons. The zero-order valence-electron chi connectivity index (χ0n) is 12.9. The van der Waals surface area contributed by atoms with Crippen molar-refractivity contribution in [2.75, 3.05) is 6.54 Å². The fourth-order valence-electron chi connectivity index (χ4n) is 3.09. The Hall–Kier alpha value is -1.92. The Labute approximate surface area is 140 Å². The van der Waals surface area contributed by atoms with E-state index >= 15 is 0 Å². The SMILES string of the molecule is O=C(NCC1(O)CCCCC1)c1c[nH]c(=S)n1-c1ccccc1. The first-order chi connectivity index (χ1) is 11.1. The van der Waals surface area contributed by atoms with Gasteiger partial charge in [-0.25, -0.2) is 0 Å². The van der Waals surface area contributed by atoms with Crippen LogP contribution >= 0.6 is 12.2 Å². The number of rotatable bonds is 4. The molecule has 6 heteroatoms. The first kappa shape index (κ1) is 16.0. The quantitative estimate of drug-likeness (QED) is 0.754. The predicted octanol–water partition coefficient (Wildman–Crippen LogP) is 2.96. The lowest BCUT2D eigenvalue weighted by Crippen LogP contribution is -2.44. The van der Waals surface area contributed by atoms with Gasteiger partial charge in [0.2, 0.25) is 0 Å². The third kappa shape index (κ3) is 3.54. The highest BCUT2D eigenvalue weighted by Gasteiger charge is 2.30. The number of imidazole rings is 1. The lowest BCUT2D eigenvalue weighted by molar-refractivity contribution is 0.00519. The summed E-state index contributed by atoms with van der Waals surface area (Å²) in [5.74, 6) is -0.236. The molecule has 1 heterocycles. The van der Waals surface area contributed by atoms with Gasteiger partial charge in [0.1, 0.15) is 5.69 Å². The second-order valence-electron chi connectivity index (χ2n) is 6.12. The summed E-state index contributed by atoms with van der Waals surface area (Å²) in [6.45, 7) is 0.276. The van der Waals surface area contributed by atoms with Crippen molar-refractivity contribution in [1.29, 1.82) is 0 Å². The Balaban J connectivity index is 1.77. The second-order valence-corrected chi connectivity index (χ2v) is 6.50. The lowest BCUT2D eigenvalue weighted by atomic mass is 9.85. The van der Waals surface area contributed by atoms with Gasteiger partial charge in [-0.3, -0.25) is 9.36 Å². The van der Waals surface area contributed by atoms with Crippen LogP contribution in [0.3, 0.4) is 0 Å². The van der Waals surface area contributed by atoms with Crippen LogP contribution < -0.4 is 5.32 Å². The molecule has 0 radical (unpaired) electrons. The number of aromatic amines is 1. The number of aliphatic hydroxyl groups is 1. The van der Waals surface area contributed by atoms with Crippen molar-refractivity contribution in [2.24, 2.45) is 0 Å². The number of para-hydroxylation sites is 1. The molecule has 3 N–H and O–H groups in total. The smallest absolute Gasteiger partial charge is 0.269 e.